The molecule has 0 fully saturated rings. The Kier molecular flexibility index (Phi) is 3.35. The predicted octanol–water partition coefficient (Wildman–Crippen LogP) is 3.89. The van der Waals surface area contributed by atoms with Crippen molar-refractivity contribution < 1.29 is 4.52 Å². The third-order valence-electron chi connectivity index (χ3n) is 4.73. The molecule has 5 aromatic rings. The number of imidazole rings is 1. The zero-order valence-electron chi connectivity index (χ0n) is 14.3. The Labute approximate surface area is 149 Å². The van der Waals surface area contributed by atoms with Crippen molar-refractivity contribution in [1.29, 1.82) is 0 Å². The molecule has 0 radical (unpaired) electrons. The maximum absolute atomic E-state index is 5.45. The first-order valence-corrected chi connectivity index (χ1v) is 8.57. The van der Waals surface area contributed by atoms with Crippen molar-refractivity contribution in [2.75, 3.05) is 0 Å². The van der Waals surface area contributed by atoms with Crippen LogP contribution in [0.3, 0.4) is 0 Å². The summed E-state index contributed by atoms with van der Waals surface area (Å²) < 4.78 is 7.44. The van der Waals surface area contributed by atoms with Crippen LogP contribution in [0.15, 0.2) is 59.5 Å². The smallest absolute Gasteiger partial charge is 0.227 e. The lowest BCUT2D eigenvalue weighted by atomic mass is 10.1. The summed E-state index contributed by atoms with van der Waals surface area (Å²) in [5.74, 6) is 1.25. The first kappa shape index (κ1) is 14.9. The summed E-state index contributed by atoms with van der Waals surface area (Å²) in [4.78, 5) is 12.2. The lowest BCUT2D eigenvalue weighted by Crippen LogP contribution is -1.91. The van der Waals surface area contributed by atoms with Gasteiger partial charge in [-0.25, -0.2) is 4.98 Å². The van der Waals surface area contributed by atoms with Crippen LogP contribution in [0.4, 0.5) is 0 Å². The van der Waals surface area contributed by atoms with Gasteiger partial charge in [-0.3, -0.25) is 0 Å². The van der Waals surface area contributed by atoms with E-state index in [9.17, 15) is 0 Å². The quantitative estimate of drug-likeness (QED) is 0.537. The zero-order chi connectivity index (χ0) is 17.5. The molecule has 0 saturated heterocycles. The number of nitrogens with one attached hydrogen (secondary N) is 1. The molecule has 2 aromatic carbocycles. The molecule has 26 heavy (non-hydrogen) atoms. The van der Waals surface area contributed by atoms with E-state index in [1.54, 1.807) is 6.33 Å². The summed E-state index contributed by atoms with van der Waals surface area (Å²) in [6.07, 6.45) is 5.42. The number of aryl methyl sites for hydroxylation is 3. The monoisotopic (exact) mass is 343 g/mol. The Balaban J connectivity index is 1.37. The second-order valence-corrected chi connectivity index (χ2v) is 6.43. The molecule has 0 aliphatic carbocycles. The number of nitrogens with zero attached hydrogens (tertiary/aromatic N) is 4. The number of hydrogen-bond donors (Lipinski definition) is 1. The van der Waals surface area contributed by atoms with Crippen LogP contribution in [0, 0.1) is 0 Å². The standard InChI is InChI=1S/C20H17N5O/c1-25-12-22-17-10-13(6-8-18(17)25)20-23-19(26-24-20)9-7-14-11-21-16-5-3-2-4-15(14)16/h2-6,8,10-12,21H,7,9H2,1H3. The second-order valence-electron chi connectivity index (χ2n) is 6.43. The third-order valence-corrected chi connectivity index (χ3v) is 4.73. The Morgan fingerprint density at radius 2 is 2.04 bits per heavy atom. The molecule has 5 rings (SSSR count). The van der Waals surface area contributed by atoms with Gasteiger partial charge >= 0.3 is 0 Å². The lowest BCUT2D eigenvalue weighted by Gasteiger charge is -1.97. The predicted molar refractivity (Wildman–Crippen MR) is 99.7 cm³/mol. The van der Waals surface area contributed by atoms with Crippen LogP contribution in [-0.2, 0) is 19.9 Å². The summed E-state index contributed by atoms with van der Waals surface area (Å²) in [5, 5.41) is 5.38. The van der Waals surface area contributed by atoms with Crippen LogP contribution < -0.4 is 0 Å². The minimum absolute atomic E-state index is 0.603. The van der Waals surface area contributed by atoms with E-state index in [1.807, 2.05) is 35.9 Å². The van der Waals surface area contributed by atoms with Crippen molar-refractivity contribution in [3.8, 4) is 11.4 Å². The lowest BCUT2D eigenvalue weighted by molar-refractivity contribution is 0.379. The number of para-hydroxylation sites is 1. The Bertz CT molecular complexity index is 1210. The van der Waals surface area contributed by atoms with E-state index in [0.29, 0.717) is 18.1 Å². The van der Waals surface area contributed by atoms with E-state index < -0.39 is 0 Å². The second kappa shape index (κ2) is 5.84. The van der Waals surface area contributed by atoms with Crippen LogP contribution in [0.5, 0.6) is 0 Å². The third kappa shape index (κ3) is 2.47. The van der Waals surface area contributed by atoms with E-state index in [2.05, 4.69) is 44.5 Å². The summed E-state index contributed by atoms with van der Waals surface area (Å²) in [7, 11) is 1.98. The first-order chi connectivity index (χ1) is 12.8. The van der Waals surface area contributed by atoms with Crippen LogP contribution in [0.2, 0.25) is 0 Å². The molecule has 6 heteroatoms. The van der Waals surface area contributed by atoms with Gasteiger partial charge in [0, 0.05) is 36.1 Å². The molecule has 1 N–H and O–H groups in total. The van der Waals surface area contributed by atoms with Crippen molar-refractivity contribution in [1.82, 2.24) is 24.7 Å². The van der Waals surface area contributed by atoms with Crippen LogP contribution in [-0.4, -0.2) is 24.7 Å². The van der Waals surface area contributed by atoms with Gasteiger partial charge in [0.2, 0.25) is 11.7 Å². The molecular weight excluding hydrogens is 326 g/mol. The Morgan fingerprint density at radius 1 is 1.12 bits per heavy atom. The molecule has 0 amide bonds. The molecule has 0 spiro atoms. The number of fused-ring (bicyclic) bond motifs is 2. The van der Waals surface area contributed by atoms with Crippen LogP contribution in [0.1, 0.15) is 11.5 Å². The summed E-state index contributed by atoms with van der Waals surface area (Å²) >= 11 is 0. The van der Waals surface area contributed by atoms with Crippen molar-refractivity contribution in [2.45, 2.75) is 12.8 Å². The van der Waals surface area contributed by atoms with Gasteiger partial charge in [0.25, 0.3) is 0 Å². The van der Waals surface area contributed by atoms with Gasteiger partial charge in [-0.15, -0.1) is 0 Å². The zero-order valence-corrected chi connectivity index (χ0v) is 14.3. The molecule has 128 valence electrons. The Hall–Kier alpha value is -3.41. The number of rotatable bonds is 4. The minimum Gasteiger partial charge on any atom is -0.361 e. The summed E-state index contributed by atoms with van der Waals surface area (Å²) in [6.45, 7) is 0. The highest BCUT2D eigenvalue weighted by Gasteiger charge is 2.11. The highest BCUT2D eigenvalue weighted by molar-refractivity contribution is 5.83. The Morgan fingerprint density at radius 3 is 3.00 bits per heavy atom. The summed E-state index contributed by atoms with van der Waals surface area (Å²) in [5.41, 5.74) is 5.33. The van der Waals surface area contributed by atoms with E-state index in [1.165, 1.54) is 10.9 Å². The van der Waals surface area contributed by atoms with E-state index in [4.69, 9.17) is 4.52 Å². The molecule has 6 nitrogen and oxygen atoms in total. The van der Waals surface area contributed by atoms with Crippen molar-refractivity contribution in [3.63, 3.8) is 0 Å². The van der Waals surface area contributed by atoms with Gasteiger partial charge in [0.15, 0.2) is 0 Å². The molecular formula is C20H17N5O. The van der Waals surface area contributed by atoms with Gasteiger partial charge in [0.1, 0.15) is 0 Å². The fourth-order valence-corrected chi connectivity index (χ4v) is 3.33. The highest BCUT2D eigenvalue weighted by Crippen LogP contribution is 2.23. The molecule has 0 aliphatic rings. The van der Waals surface area contributed by atoms with Crippen LogP contribution >= 0.6 is 0 Å². The topological polar surface area (TPSA) is 72.5 Å². The average molecular weight is 343 g/mol. The van der Waals surface area contributed by atoms with Gasteiger partial charge in [-0.05, 0) is 36.2 Å². The van der Waals surface area contributed by atoms with Crippen molar-refractivity contribution in [2.24, 2.45) is 7.05 Å². The van der Waals surface area contributed by atoms with Crippen molar-refractivity contribution >= 4 is 21.9 Å². The maximum Gasteiger partial charge on any atom is 0.227 e. The molecule has 0 bridgehead atoms. The number of hydrogen-bond acceptors (Lipinski definition) is 4. The van der Waals surface area contributed by atoms with E-state index in [0.717, 1.165) is 28.5 Å². The van der Waals surface area contributed by atoms with Gasteiger partial charge in [0.05, 0.1) is 17.4 Å². The SMILES string of the molecule is Cn1cnc2cc(-c3noc(CCc4c[nH]c5ccccc45)n3)ccc21. The van der Waals surface area contributed by atoms with Gasteiger partial charge in [-0.2, -0.15) is 4.98 Å². The molecule has 0 unspecified atom stereocenters. The van der Waals surface area contributed by atoms with Crippen LogP contribution in [0.25, 0.3) is 33.3 Å². The molecule has 0 atom stereocenters. The minimum atomic E-state index is 0.603. The number of benzene rings is 2. The molecule has 0 aliphatic heterocycles. The van der Waals surface area contributed by atoms with Gasteiger partial charge < -0.3 is 14.1 Å². The number of aromatic amines is 1. The fourth-order valence-electron chi connectivity index (χ4n) is 3.33. The highest BCUT2D eigenvalue weighted by atomic mass is 16.5. The first-order valence-electron chi connectivity index (χ1n) is 8.57. The fraction of sp³-hybridized carbons (Fsp3) is 0.150. The summed E-state index contributed by atoms with van der Waals surface area (Å²) in [6, 6.07) is 14.3. The number of aromatic nitrogens is 5. The molecule has 3 heterocycles. The normalized spacial score (nSPS) is 11.6. The van der Waals surface area contributed by atoms with E-state index >= 15 is 0 Å². The molecule has 0 saturated carbocycles. The van der Waals surface area contributed by atoms with Gasteiger partial charge in [-0.1, -0.05) is 23.4 Å². The molecule has 3 aromatic heterocycles. The van der Waals surface area contributed by atoms with Crippen molar-refractivity contribution in [3.05, 3.63) is 66.4 Å². The average Bonchev–Trinajstić information content (AvgIpc) is 3.39. The van der Waals surface area contributed by atoms with E-state index in [-0.39, 0.29) is 0 Å². The maximum atomic E-state index is 5.45. The number of H-pyrrole nitrogens is 1. The largest absolute Gasteiger partial charge is 0.361 e.